The number of nitrogens with zero attached hydrogens (tertiary/aromatic N) is 4. The molecule has 11 heteroatoms. The highest BCUT2D eigenvalue weighted by Crippen LogP contribution is 2.37. The lowest BCUT2D eigenvalue weighted by atomic mass is 9.84. The zero-order valence-corrected chi connectivity index (χ0v) is 17.5. The van der Waals surface area contributed by atoms with Crippen molar-refractivity contribution in [1.82, 2.24) is 19.5 Å². The topological polar surface area (TPSA) is 99.0 Å². The number of imidazole rings is 1. The van der Waals surface area contributed by atoms with Crippen LogP contribution in [0.3, 0.4) is 0 Å². The van der Waals surface area contributed by atoms with Gasteiger partial charge in [-0.05, 0) is 25.3 Å². The first-order chi connectivity index (χ1) is 14.8. The highest BCUT2D eigenvalue weighted by atomic mass is 32.2. The van der Waals surface area contributed by atoms with Crippen LogP contribution in [0.2, 0.25) is 0 Å². The molecule has 0 aliphatic heterocycles. The van der Waals surface area contributed by atoms with E-state index in [0.29, 0.717) is 12.5 Å². The molecule has 0 bridgehead atoms. The fourth-order valence-electron chi connectivity index (χ4n) is 3.81. The van der Waals surface area contributed by atoms with Gasteiger partial charge in [-0.15, -0.1) is 0 Å². The Balaban J connectivity index is 1.59. The third-order valence-electron chi connectivity index (χ3n) is 5.31. The molecule has 2 atom stereocenters. The Kier molecular flexibility index (Phi) is 5.86. The van der Waals surface area contributed by atoms with Crippen LogP contribution in [0.15, 0.2) is 48.1 Å². The number of anilines is 1. The van der Waals surface area contributed by atoms with Gasteiger partial charge in [0.2, 0.25) is 0 Å². The maximum absolute atomic E-state index is 14.8. The molecular weight excluding hydrogens is 428 g/mol. The first-order valence-corrected chi connectivity index (χ1v) is 11.2. The molecule has 164 valence electrons. The zero-order valence-electron chi connectivity index (χ0n) is 16.7. The molecule has 3 aromatic rings. The fraction of sp³-hybridized carbons (Fsp3) is 0.350. The number of hydrogen-bond donors (Lipinski definition) is 1. The maximum Gasteiger partial charge on any atom is 0.266 e. The number of aromatic nitrogens is 4. The van der Waals surface area contributed by atoms with E-state index in [1.54, 1.807) is 12.5 Å². The number of aryl methyl sites for hydroxylation is 1. The molecule has 0 saturated heterocycles. The van der Waals surface area contributed by atoms with Crippen molar-refractivity contribution in [3.8, 4) is 5.75 Å². The summed E-state index contributed by atoms with van der Waals surface area (Å²) in [5, 5.41) is 0. The van der Waals surface area contributed by atoms with Gasteiger partial charge in [-0.2, -0.15) is 0 Å². The van der Waals surface area contributed by atoms with Crippen molar-refractivity contribution >= 4 is 15.8 Å². The van der Waals surface area contributed by atoms with Crippen molar-refractivity contribution in [2.24, 2.45) is 7.05 Å². The predicted molar refractivity (Wildman–Crippen MR) is 108 cm³/mol. The third kappa shape index (κ3) is 4.50. The molecule has 1 N–H and O–H groups in total. The van der Waals surface area contributed by atoms with E-state index in [1.807, 2.05) is 11.6 Å². The van der Waals surface area contributed by atoms with Gasteiger partial charge < -0.3 is 9.30 Å². The molecule has 0 amide bonds. The van der Waals surface area contributed by atoms with Gasteiger partial charge in [-0.3, -0.25) is 4.72 Å². The summed E-state index contributed by atoms with van der Waals surface area (Å²) in [6, 6.07) is 2.69. The predicted octanol–water partition coefficient (Wildman–Crippen LogP) is 3.39. The number of sulfonamides is 1. The Bertz CT molecular complexity index is 1170. The van der Waals surface area contributed by atoms with E-state index in [4.69, 9.17) is 4.74 Å². The maximum atomic E-state index is 14.8. The van der Waals surface area contributed by atoms with Crippen molar-refractivity contribution in [3.05, 3.63) is 60.6 Å². The molecule has 0 spiro atoms. The summed E-state index contributed by atoms with van der Waals surface area (Å²) in [5.74, 6) is -2.48. The van der Waals surface area contributed by atoms with Gasteiger partial charge in [-0.1, -0.05) is 6.42 Å². The standard InChI is InChI=1S/C20H21F2N5O3S/c1-27-12-24-10-16(27)13-4-2-3-5-17(13)30-18-8-15(22)19(9-14(18)21)31(28,29)26-20-6-7-23-11-25-20/h6-13,17H,2-5H2,1H3,(H,23,25,26)/t13-,17+/m1/s1. The van der Waals surface area contributed by atoms with E-state index in [-0.39, 0.29) is 23.6 Å². The number of ether oxygens (including phenoxy) is 1. The lowest BCUT2D eigenvalue weighted by molar-refractivity contribution is 0.121. The van der Waals surface area contributed by atoms with Crippen LogP contribution in [-0.4, -0.2) is 34.0 Å². The molecule has 31 heavy (non-hydrogen) atoms. The van der Waals surface area contributed by atoms with Crippen molar-refractivity contribution in [2.75, 3.05) is 4.72 Å². The van der Waals surface area contributed by atoms with E-state index in [9.17, 15) is 17.2 Å². The molecule has 1 aromatic carbocycles. The van der Waals surface area contributed by atoms with Crippen molar-refractivity contribution in [2.45, 2.75) is 42.6 Å². The molecule has 1 fully saturated rings. The average Bonchev–Trinajstić information content (AvgIpc) is 3.17. The van der Waals surface area contributed by atoms with Crippen LogP contribution in [0.4, 0.5) is 14.6 Å². The van der Waals surface area contributed by atoms with E-state index in [1.165, 1.54) is 12.3 Å². The van der Waals surface area contributed by atoms with Gasteiger partial charge in [0.15, 0.2) is 11.6 Å². The molecule has 1 aliphatic carbocycles. The van der Waals surface area contributed by atoms with Crippen LogP contribution in [0, 0.1) is 11.6 Å². The Morgan fingerprint density at radius 3 is 2.68 bits per heavy atom. The Morgan fingerprint density at radius 1 is 1.16 bits per heavy atom. The molecule has 1 saturated carbocycles. The Labute approximate surface area is 178 Å². The first kappa shape index (κ1) is 21.2. The molecule has 8 nitrogen and oxygen atoms in total. The summed E-state index contributed by atoms with van der Waals surface area (Å²) in [7, 11) is -2.52. The van der Waals surface area contributed by atoms with Crippen molar-refractivity contribution in [3.63, 3.8) is 0 Å². The number of benzene rings is 1. The second-order valence-electron chi connectivity index (χ2n) is 7.39. The van der Waals surface area contributed by atoms with Crippen LogP contribution in [0.5, 0.6) is 5.75 Å². The minimum atomic E-state index is -4.39. The van der Waals surface area contributed by atoms with Gasteiger partial charge in [0.25, 0.3) is 10.0 Å². The molecular formula is C20H21F2N5O3S. The molecule has 0 radical (unpaired) electrons. The van der Waals surface area contributed by atoms with Crippen LogP contribution < -0.4 is 9.46 Å². The van der Waals surface area contributed by atoms with Crippen LogP contribution in [0.1, 0.15) is 37.3 Å². The average molecular weight is 449 g/mol. The smallest absolute Gasteiger partial charge is 0.266 e. The summed E-state index contributed by atoms with van der Waals surface area (Å²) in [4.78, 5) is 10.7. The van der Waals surface area contributed by atoms with Gasteiger partial charge in [-0.25, -0.2) is 32.2 Å². The van der Waals surface area contributed by atoms with Gasteiger partial charge in [0, 0.05) is 43.2 Å². The van der Waals surface area contributed by atoms with Crippen LogP contribution in [0.25, 0.3) is 0 Å². The molecule has 4 rings (SSSR count). The lowest BCUT2D eigenvalue weighted by Crippen LogP contribution is -2.30. The largest absolute Gasteiger partial charge is 0.487 e. The molecule has 1 aliphatic rings. The van der Waals surface area contributed by atoms with Gasteiger partial charge in [0.05, 0.1) is 6.33 Å². The van der Waals surface area contributed by atoms with Crippen LogP contribution >= 0.6 is 0 Å². The van der Waals surface area contributed by atoms with Crippen LogP contribution in [-0.2, 0) is 17.1 Å². The molecule has 2 heterocycles. The highest BCUT2D eigenvalue weighted by Gasteiger charge is 2.32. The SMILES string of the molecule is Cn1cncc1[C@H]1CCCC[C@@H]1Oc1cc(F)c(S(=O)(=O)Nc2ccncn2)cc1F. The minimum Gasteiger partial charge on any atom is -0.487 e. The van der Waals surface area contributed by atoms with E-state index >= 15 is 0 Å². The lowest BCUT2D eigenvalue weighted by Gasteiger charge is -2.32. The fourth-order valence-corrected chi connectivity index (χ4v) is 4.89. The molecule has 2 aromatic heterocycles. The van der Waals surface area contributed by atoms with Gasteiger partial charge in [0.1, 0.15) is 29.0 Å². The summed E-state index contributed by atoms with van der Waals surface area (Å²) in [5.41, 5.74) is 0.957. The number of halogens is 2. The Morgan fingerprint density at radius 2 is 1.97 bits per heavy atom. The zero-order chi connectivity index (χ0) is 22.0. The number of rotatable bonds is 6. The van der Waals surface area contributed by atoms with E-state index in [0.717, 1.165) is 37.4 Å². The highest BCUT2D eigenvalue weighted by molar-refractivity contribution is 7.92. The number of nitrogens with one attached hydrogen (secondary N) is 1. The summed E-state index contributed by atoms with van der Waals surface area (Å²) < 4.78 is 64.3. The number of hydrogen-bond acceptors (Lipinski definition) is 6. The van der Waals surface area contributed by atoms with Crippen molar-refractivity contribution < 1.29 is 21.9 Å². The second-order valence-corrected chi connectivity index (χ2v) is 9.04. The second kappa shape index (κ2) is 8.58. The third-order valence-corrected chi connectivity index (χ3v) is 6.68. The van der Waals surface area contributed by atoms with E-state index < -0.39 is 26.6 Å². The monoisotopic (exact) mass is 449 g/mol. The summed E-state index contributed by atoms with van der Waals surface area (Å²) in [6.07, 6.45) is 8.92. The quantitative estimate of drug-likeness (QED) is 0.619. The Hall–Kier alpha value is -3.08. The van der Waals surface area contributed by atoms with Gasteiger partial charge >= 0.3 is 0 Å². The first-order valence-electron chi connectivity index (χ1n) is 9.76. The summed E-state index contributed by atoms with van der Waals surface area (Å²) >= 11 is 0. The normalized spacial score (nSPS) is 19.2. The summed E-state index contributed by atoms with van der Waals surface area (Å²) in [6.45, 7) is 0. The molecule has 0 unspecified atom stereocenters. The van der Waals surface area contributed by atoms with Crippen molar-refractivity contribution in [1.29, 1.82) is 0 Å². The minimum absolute atomic E-state index is 0.0217. The van der Waals surface area contributed by atoms with E-state index in [2.05, 4.69) is 19.7 Å².